The number of halogens is 2. The first-order chi connectivity index (χ1) is 6.18. The van der Waals surface area contributed by atoms with E-state index in [-0.39, 0.29) is 17.7 Å². The molecule has 2 heterocycles. The molecule has 0 bridgehead atoms. The van der Waals surface area contributed by atoms with Crippen LogP contribution in [0.5, 0.6) is 0 Å². The molecule has 2 saturated heterocycles. The molecule has 0 spiro atoms. The lowest BCUT2D eigenvalue weighted by atomic mass is 9.94. The minimum absolute atomic E-state index is 0.00375. The van der Waals surface area contributed by atoms with Crippen molar-refractivity contribution in [3.63, 3.8) is 0 Å². The lowest BCUT2D eigenvalue weighted by molar-refractivity contribution is 0.0999. The van der Waals surface area contributed by atoms with E-state index in [4.69, 9.17) is 0 Å². The maximum Gasteiger partial charge on any atom is 0.270 e. The molecule has 0 aromatic rings. The fourth-order valence-electron chi connectivity index (χ4n) is 2.49. The highest BCUT2D eigenvalue weighted by Crippen LogP contribution is 2.42. The van der Waals surface area contributed by atoms with E-state index >= 15 is 0 Å². The number of hydrogen-bond donors (Lipinski definition) is 1. The first kappa shape index (κ1) is 9.09. The van der Waals surface area contributed by atoms with Crippen LogP contribution in [0.1, 0.15) is 19.3 Å². The Bertz CT molecular complexity index is 250. The molecule has 13 heavy (non-hydrogen) atoms. The van der Waals surface area contributed by atoms with Crippen molar-refractivity contribution in [1.29, 1.82) is 0 Å². The number of fused-ring (bicyclic) bond motifs is 1. The smallest absolute Gasteiger partial charge is 0.270 e. The Balaban J connectivity index is 2.23. The van der Waals surface area contributed by atoms with Crippen molar-refractivity contribution >= 4 is 0 Å². The predicted octanol–water partition coefficient (Wildman–Crippen LogP) is 1.37. The van der Waals surface area contributed by atoms with Crippen molar-refractivity contribution < 1.29 is 13.9 Å². The standard InChI is InChI=1S/C9H13F2NO/c10-8(11)7-4-9(6-13)2-1-3-12(9)5-7/h13H,1-6H2. The van der Waals surface area contributed by atoms with Crippen LogP contribution in [0.2, 0.25) is 0 Å². The first-order valence-electron chi connectivity index (χ1n) is 4.57. The predicted molar refractivity (Wildman–Crippen MR) is 44.5 cm³/mol. The van der Waals surface area contributed by atoms with E-state index in [2.05, 4.69) is 0 Å². The Labute approximate surface area is 75.8 Å². The number of rotatable bonds is 1. The maximum absolute atomic E-state index is 12.3. The van der Waals surface area contributed by atoms with Gasteiger partial charge in [-0.25, -0.2) is 0 Å². The SMILES string of the molecule is OCC12CCCN1CC(=C(F)F)C2. The molecule has 1 unspecified atom stereocenters. The van der Waals surface area contributed by atoms with Gasteiger partial charge in [0, 0.05) is 17.7 Å². The minimum Gasteiger partial charge on any atom is -0.394 e. The topological polar surface area (TPSA) is 23.5 Å². The molecule has 0 aliphatic carbocycles. The van der Waals surface area contributed by atoms with Crippen molar-refractivity contribution in [2.24, 2.45) is 0 Å². The van der Waals surface area contributed by atoms with Gasteiger partial charge in [0.25, 0.3) is 6.08 Å². The summed E-state index contributed by atoms with van der Waals surface area (Å²) in [6.07, 6.45) is 0.663. The van der Waals surface area contributed by atoms with Crippen LogP contribution in [0, 0.1) is 0 Å². The molecule has 4 heteroatoms. The van der Waals surface area contributed by atoms with Crippen molar-refractivity contribution in [3.05, 3.63) is 11.7 Å². The van der Waals surface area contributed by atoms with E-state index in [1.165, 1.54) is 0 Å². The van der Waals surface area contributed by atoms with E-state index in [1.807, 2.05) is 4.90 Å². The van der Waals surface area contributed by atoms with Crippen LogP contribution in [0.15, 0.2) is 11.7 Å². The van der Waals surface area contributed by atoms with Gasteiger partial charge >= 0.3 is 0 Å². The number of aliphatic hydroxyl groups excluding tert-OH is 1. The second-order valence-corrected chi connectivity index (χ2v) is 3.95. The first-order valence-corrected chi connectivity index (χ1v) is 4.57. The zero-order chi connectivity index (χ0) is 9.47. The van der Waals surface area contributed by atoms with Crippen LogP contribution in [-0.4, -0.2) is 35.2 Å². The quantitative estimate of drug-likeness (QED) is 0.673. The van der Waals surface area contributed by atoms with Gasteiger partial charge in [-0.3, -0.25) is 4.90 Å². The number of nitrogens with zero attached hydrogens (tertiary/aromatic N) is 1. The fraction of sp³-hybridized carbons (Fsp3) is 0.778. The van der Waals surface area contributed by atoms with Crippen molar-refractivity contribution in [2.45, 2.75) is 24.8 Å². The third-order valence-corrected chi connectivity index (χ3v) is 3.23. The molecule has 2 rings (SSSR count). The van der Waals surface area contributed by atoms with Gasteiger partial charge in [0.15, 0.2) is 0 Å². The zero-order valence-electron chi connectivity index (χ0n) is 7.39. The van der Waals surface area contributed by atoms with Crippen molar-refractivity contribution in [1.82, 2.24) is 4.90 Å². The Morgan fingerprint density at radius 3 is 2.85 bits per heavy atom. The van der Waals surface area contributed by atoms with E-state index in [0.29, 0.717) is 13.0 Å². The molecular weight excluding hydrogens is 176 g/mol. The minimum atomic E-state index is -1.55. The van der Waals surface area contributed by atoms with Crippen molar-refractivity contribution in [2.75, 3.05) is 19.7 Å². The summed E-state index contributed by atoms with van der Waals surface area (Å²) in [4.78, 5) is 1.99. The van der Waals surface area contributed by atoms with Crippen LogP contribution in [0.25, 0.3) is 0 Å². The second kappa shape index (κ2) is 3.03. The molecule has 0 aromatic heterocycles. The summed E-state index contributed by atoms with van der Waals surface area (Å²) in [5, 5.41) is 9.22. The average Bonchev–Trinajstić information content (AvgIpc) is 2.58. The molecule has 0 radical (unpaired) electrons. The highest BCUT2D eigenvalue weighted by Gasteiger charge is 2.46. The van der Waals surface area contributed by atoms with Gasteiger partial charge in [-0.15, -0.1) is 0 Å². The fourth-order valence-corrected chi connectivity index (χ4v) is 2.49. The molecule has 1 atom stereocenters. The van der Waals surface area contributed by atoms with E-state index in [1.54, 1.807) is 0 Å². The Morgan fingerprint density at radius 1 is 1.54 bits per heavy atom. The summed E-state index contributed by atoms with van der Waals surface area (Å²) >= 11 is 0. The van der Waals surface area contributed by atoms with Gasteiger partial charge in [-0.1, -0.05) is 0 Å². The van der Waals surface area contributed by atoms with Gasteiger partial charge in [0.1, 0.15) is 0 Å². The molecule has 0 amide bonds. The molecule has 2 aliphatic heterocycles. The summed E-state index contributed by atoms with van der Waals surface area (Å²) in [6, 6.07) is 0. The van der Waals surface area contributed by atoms with Crippen LogP contribution < -0.4 is 0 Å². The summed E-state index contributed by atoms with van der Waals surface area (Å²) in [5.41, 5.74) is -0.132. The molecule has 2 aliphatic rings. The monoisotopic (exact) mass is 189 g/mol. The second-order valence-electron chi connectivity index (χ2n) is 3.95. The normalized spacial score (nSPS) is 33.9. The summed E-state index contributed by atoms with van der Waals surface area (Å²) in [7, 11) is 0. The van der Waals surface area contributed by atoms with Gasteiger partial charge in [0.05, 0.1) is 6.61 Å². The average molecular weight is 189 g/mol. The number of aliphatic hydroxyl groups is 1. The van der Waals surface area contributed by atoms with Gasteiger partial charge in [0.2, 0.25) is 0 Å². The van der Waals surface area contributed by atoms with Crippen LogP contribution in [0.4, 0.5) is 8.78 Å². The Morgan fingerprint density at radius 2 is 2.31 bits per heavy atom. The highest BCUT2D eigenvalue weighted by molar-refractivity contribution is 5.20. The van der Waals surface area contributed by atoms with Crippen molar-refractivity contribution in [3.8, 4) is 0 Å². The lowest BCUT2D eigenvalue weighted by Crippen LogP contribution is -2.41. The largest absolute Gasteiger partial charge is 0.394 e. The van der Waals surface area contributed by atoms with E-state index in [9.17, 15) is 13.9 Å². The van der Waals surface area contributed by atoms with E-state index < -0.39 is 6.08 Å². The van der Waals surface area contributed by atoms with Crippen LogP contribution >= 0.6 is 0 Å². The molecule has 2 fully saturated rings. The molecule has 0 aromatic carbocycles. The molecule has 1 N–H and O–H groups in total. The summed E-state index contributed by atoms with van der Waals surface area (Å²) in [6.45, 7) is 1.20. The summed E-state index contributed by atoms with van der Waals surface area (Å²) in [5.74, 6) is 0. The van der Waals surface area contributed by atoms with Gasteiger partial charge < -0.3 is 5.11 Å². The molecule has 74 valence electrons. The maximum atomic E-state index is 12.3. The zero-order valence-corrected chi connectivity index (χ0v) is 7.39. The third kappa shape index (κ3) is 1.28. The van der Waals surface area contributed by atoms with E-state index in [0.717, 1.165) is 19.4 Å². The third-order valence-electron chi connectivity index (χ3n) is 3.23. The summed E-state index contributed by atoms with van der Waals surface area (Å²) < 4.78 is 24.6. The van der Waals surface area contributed by atoms with Crippen LogP contribution in [0.3, 0.4) is 0 Å². The van der Waals surface area contributed by atoms with Gasteiger partial charge in [-0.2, -0.15) is 8.78 Å². The lowest BCUT2D eigenvalue weighted by Gasteiger charge is -2.28. The highest BCUT2D eigenvalue weighted by atomic mass is 19.3. The molecule has 0 saturated carbocycles. The molecular formula is C9H13F2NO. The van der Waals surface area contributed by atoms with Crippen LogP contribution in [-0.2, 0) is 0 Å². The Kier molecular flexibility index (Phi) is 2.12. The number of hydrogen-bond acceptors (Lipinski definition) is 2. The van der Waals surface area contributed by atoms with Gasteiger partial charge in [-0.05, 0) is 25.8 Å². The molecule has 2 nitrogen and oxygen atoms in total. The Hall–Kier alpha value is -0.480.